The maximum atomic E-state index is 13.2. The lowest BCUT2D eigenvalue weighted by atomic mass is 10.0. The summed E-state index contributed by atoms with van der Waals surface area (Å²) < 4.78 is 24.5. The van der Waals surface area contributed by atoms with Gasteiger partial charge in [-0.25, -0.2) is 4.39 Å². The molecular weight excluding hydrogens is 395 g/mol. The molecule has 0 N–H and O–H groups in total. The number of aromatic nitrogens is 1. The van der Waals surface area contributed by atoms with Crippen molar-refractivity contribution in [1.82, 2.24) is 10.1 Å². The van der Waals surface area contributed by atoms with Crippen molar-refractivity contribution >= 4 is 11.0 Å². The Hall–Kier alpha value is -3.25. The molecule has 31 heavy (non-hydrogen) atoms. The van der Waals surface area contributed by atoms with Gasteiger partial charge in [-0.15, -0.1) is 0 Å². The molecule has 5 nitrogen and oxygen atoms in total. The molecule has 2 aromatic heterocycles. The smallest absolute Gasteiger partial charge is 0.197 e. The van der Waals surface area contributed by atoms with Crippen LogP contribution < -0.4 is 5.43 Å². The lowest BCUT2D eigenvalue weighted by Crippen LogP contribution is -2.30. The summed E-state index contributed by atoms with van der Waals surface area (Å²) in [6.07, 6.45) is 5.82. The third-order valence-corrected chi connectivity index (χ3v) is 5.99. The number of para-hydroxylation sites is 1. The standard InChI is InChI=1S/C25H23FN2O3/c26-19-11-9-17(10-12-19)24-14-21(27-31-24)22-7-2-1-5-13-28(22)15-18-16-30-23-8-4-3-6-20(23)25(18)29/h3-4,6,8-12,14,16,22H,1-2,5,7,13,15H2/t22-/m1/s1. The predicted octanol–water partition coefficient (Wildman–Crippen LogP) is 5.70. The van der Waals surface area contributed by atoms with Gasteiger partial charge in [0.1, 0.15) is 17.1 Å². The zero-order valence-electron chi connectivity index (χ0n) is 17.1. The maximum Gasteiger partial charge on any atom is 0.197 e. The summed E-state index contributed by atoms with van der Waals surface area (Å²) in [5.74, 6) is 0.331. The second-order valence-electron chi connectivity index (χ2n) is 8.04. The third-order valence-electron chi connectivity index (χ3n) is 5.99. The molecule has 1 aliphatic rings. The van der Waals surface area contributed by atoms with Crippen LogP contribution in [0.3, 0.4) is 0 Å². The first kappa shape index (κ1) is 19.7. The molecule has 0 radical (unpaired) electrons. The van der Waals surface area contributed by atoms with Crippen molar-refractivity contribution in [2.24, 2.45) is 0 Å². The summed E-state index contributed by atoms with van der Waals surface area (Å²) in [4.78, 5) is 15.3. The summed E-state index contributed by atoms with van der Waals surface area (Å²) in [5.41, 5.74) is 2.89. The van der Waals surface area contributed by atoms with E-state index in [4.69, 9.17) is 8.94 Å². The van der Waals surface area contributed by atoms with E-state index in [-0.39, 0.29) is 17.3 Å². The quantitative estimate of drug-likeness (QED) is 0.425. The summed E-state index contributed by atoms with van der Waals surface area (Å²) in [6, 6.07) is 15.5. The van der Waals surface area contributed by atoms with Crippen LogP contribution in [0.4, 0.5) is 4.39 Å². The molecule has 0 saturated carbocycles. The van der Waals surface area contributed by atoms with E-state index >= 15 is 0 Å². The highest BCUT2D eigenvalue weighted by Crippen LogP contribution is 2.33. The molecule has 1 fully saturated rings. The minimum absolute atomic E-state index is 0.0111. The molecule has 3 heterocycles. The molecular formula is C25H23FN2O3. The van der Waals surface area contributed by atoms with Crippen molar-refractivity contribution < 1.29 is 13.3 Å². The Morgan fingerprint density at radius 2 is 1.90 bits per heavy atom. The van der Waals surface area contributed by atoms with E-state index < -0.39 is 0 Å². The van der Waals surface area contributed by atoms with Crippen LogP contribution in [0.15, 0.2) is 74.6 Å². The SMILES string of the molecule is O=c1c(CN2CCCCC[C@@H]2c2cc(-c3ccc(F)cc3)on2)coc2ccccc12. The molecule has 5 rings (SSSR count). The van der Waals surface area contributed by atoms with Gasteiger partial charge in [0.2, 0.25) is 0 Å². The number of hydrogen-bond acceptors (Lipinski definition) is 5. The highest BCUT2D eigenvalue weighted by Gasteiger charge is 2.27. The van der Waals surface area contributed by atoms with Crippen LogP contribution in [0.2, 0.25) is 0 Å². The Bertz CT molecular complexity index is 1250. The molecule has 0 unspecified atom stereocenters. The molecule has 4 aromatic rings. The second kappa shape index (κ2) is 8.47. The van der Waals surface area contributed by atoms with Crippen LogP contribution in [0.1, 0.15) is 43.0 Å². The predicted molar refractivity (Wildman–Crippen MR) is 116 cm³/mol. The minimum atomic E-state index is -0.285. The van der Waals surface area contributed by atoms with Crippen molar-refractivity contribution in [3.8, 4) is 11.3 Å². The van der Waals surface area contributed by atoms with Crippen LogP contribution >= 0.6 is 0 Å². The van der Waals surface area contributed by atoms with Gasteiger partial charge < -0.3 is 8.94 Å². The van der Waals surface area contributed by atoms with Crippen LogP contribution in [0, 0.1) is 5.82 Å². The number of likely N-dealkylation sites (tertiary alicyclic amines) is 1. The van der Waals surface area contributed by atoms with Gasteiger partial charge in [-0.2, -0.15) is 0 Å². The molecule has 1 saturated heterocycles. The fourth-order valence-electron chi connectivity index (χ4n) is 4.33. The van der Waals surface area contributed by atoms with Gasteiger partial charge >= 0.3 is 0 Å². The molecule has 0 bridgehead atoms. The molecule has 0 amide bonds. The topological polar surface area (TPSA) is 59.5 Å². The van der Waals surface area contributed by atoms with Crippen molar-refractivity contribution in [2.75, 3.05) is 6.54 Å². The van der Waals surface area contributed by atoms with E-state index in [0.29, 0.717) is 28.8 Å². The summed E-state index contributed by atoms with van der Waals surface area (Å²) in [6.45, 7) is 1.37. The van der Waals surface area contributed by atoms with E-state index in [1.54, 1.807) is 24.5 Å². The second-order valence-corrected chi connectivity index (χ2v) is 8.04. The van der Waals surface area contributed by atoms with E-state index in [9.17, 15) is 9.18 Å². The van der Waals surface area contributed by atoms with Gasteiger partial charge in [-0.1, -0.05) is 30.1 Å². The number of fused-ring (bicyclic) bond motifs is 1. The number of rotatable bonds is 4. The fourth-order valence-corrected chi connectivity index (χ4v) is 4.33. The van der Waals surface area contributed by atoms with E-state index in [1.807, 2.05) is 24.3 Å². The van der Waals surface area contributed by atoms with Crippen LogP contribution in [0.25, 0.3) is 22.3 Å². The van der Waals surface area contributed by atoms with Gasteiger partial charge in [0.25, 0.3) is 0 Å². The van der Waals surface area contributed by atoms with Crippen LogP contribution in [-0.2, 0) is 6.54 Å². The Morgan fingerprint density at radius 3 is 2.77 bits per heavy atom. The van der Waals surface area contributed by atoms with Crippen molar-refractivity contribution in [3.63, 3.8) is 0 Å². The van der Waals surface area contributed by atoms with Crippen LogP contribution in [-0.4, -0.2) is 16.6 Å². The van der Waals surface area contributed by atoms with Gasteiger partial charge in [-0.3, -0.25) is 9.69 Å². The molecule has 1 aliphatic heterocycles. The number of nitrogens with zero attached hydrogens (tertiary/aromatic N) is 2. The molecule has 158 valence electrons. The summed E-state index contributed by atoms with van der Waals surface area (Å²) >= 11 is 0. The fraction of sp³-hybridized carbons (Fsp3) is 0.280. The summed E-state index contributed by atoms with van der Waals surface area (Å²) in [7, 11) is 0. The highest BCUT2D eigenvalue weighted by molar-refractivity contribution is 5.76. The maximum absolute atomic E-state index is 13.2. The summed E-state index contributed by atoms with van der Waals surface area (Å²) in [5, 5.41) is 4.94. The number of hydrogen-bond donors (Lipinski definition) is 0. The monoisotopic (exact) mass is 418 g/mol. The van der Waals surface area contributed by atoms with Crippen molar-refractivity contribution in [3.05, 3.63) is 88.2 Å². The zero-order chi connectivity index (χ0) is 21.2. The highest BCUT2D eigenvalue weighted by atomic mass is 19.1. The molecule has 0 spiro atoms. The molecule has 0 aliphatic carbocycles. The van der Waals surface area contributed by atoms with Gasteiger partial charge in [-0.05, 0) is 55.8 Å². The molecule has 1 atom stereocenters. The third kappa shape index (κ3) is 4.03. The first-order valence-corrected chi connectivity index (χ1v) is 10.6. The lowest BCUT2D eigenvalue weighted by Gasteiger charge is -2.28. The average Bonchev–Trinajstić information content (AvgIpc) is 3.16. The first-order chi connectivity index (χ1) is 15.2. The van der Waals surface area contributed by atoms with Gasteiger partial charge in [0.15, 0.2) is 11.2 Å². The van der Waals surface area contributed by atoms with E-state index in [2.05, 4.69) is 10.1 Å². The Kier molecular flexibility index (Phi) is 5.38. The van der Waals surface area contributed by atoms with Crippen molar-refractivity contribution in [2.45, 2.75) is 38.3 Å². The number of halogens is 1. The molecule has 2 aromatic carbocycles. The lowest BCUT2D eigenvalue weighted by molar-refractivity contribution is 0.182. The average molecular weight is 418 g/mol. The Morgan fingerprint density at radius 1 is 1.06 bits per heavy atom. The minimum Gasteiger partial charge on any atom is -0.464 e. The normalized spacial score (nSPS) is 17.6. The van der Waals surface area contributed by atoms with E-state index in [1.165, 1.54) is 12.1 Å². The van der Waals surface area contributed by atoms with Crippen molar-refractivity contribution in [1.29, 1.82) is 0 Å². The largest absolute Gasteiger partial charge is 0.464 e. The first-order valence-electron chi connectivity index (χ1n) is 10.6. The zero-order valence-corrected chi connectivity index (χ0v) is 17.1. The van der Waals surface area contributed by atoms with E-state index in [0.717, 1.165) is 43.5 Å². The van der Waals surface area contributed by atoms with Crippen LogP contribution in [0.5, 0.6) is 0 Å². The Labute approximate surface area is 179 Å². The van der Waals surface area contributed by atoms with Gasteiger partial charge in [0.05, 0.1) is 17.7 Å². The number of benzene rings is 2. The Balaban J connectivity index is 1.44. The van der Waals surface area contributed by atoms with Gasteiger partial charge in [0, 0.05) is 23.7 Å². The molecule has 6 heteroatoms.